The highest BCUT2D eigenvalue weighted by Crippen LogP contribution is 2.32. The van der Waals surface area contributed by atoms with Crippen LogP contribution in [0, 0.1) is 5.82 Å². The number of fused-ring (bicyclic) bond motifs is 1. The number of thiol groups is 1. The molecule has 1 heterocycles. The van der Waals surface area contributed by atoms with Gasteiger partial charge in [-0.1, -0.05) is 11.6 Å². The van der Waals surface area contributed by atoms with E-state index in [4.69, 9.17) is 11.6 Å². The summed E-state index contributed by atoms with van der Waals surface area (Å²) in [4.78, 5) is 15.2. The van der Waals surface area contributed by atoms with Crippen LogP contribution in [0.3, 0.4) is 0 Å². The van der Waals surface area contributed by atoms with Crippen LogP contribution in [0.4, 0.5) is 15.8 Å². The fraction of sp³-hybridized carbons (Fsp3) is 0. The van der Waals surface area contributed by atoms with Crippen LogP contribution in [0.2, 0.25) is 5.02 Å². The van der Waals surface area contributed by atoms with E-state index in [-0.39, 0.29) is 32.2 Å². The molecule has 0 bridgehead atoms. The molecule has 0 saturated carbocycles. The second kappa shape index (κ2) is 6.66. The molecule has 128 valence electrons. The van der Waals surface area contributed by atoms with Gasteiger partial charge in [0.15, 0.2) is 10.7 Å². The quantitative estimate of drug-likeness (QED) is 0.600. The molecule has 2 aromatic carbocycles. The summed E-state index contributed by atoms with van der Waals surface area (Å²) in [5.41, 5.74) is 0.369. The lowest BCUT2D eigenvalue weighted by molar-refractivity contribution is 0.0698. The van der Waals surface area contributed by atoms with Gasteiger partial charge in [-0.25, -0.2) is 17.6 Å². The summed E-state index contributed by atoms with van der Waals surface area (Å²) < 4.78 is 36.7. The Kier molecular flexibility index (Phi) is 4.56. The number of anilines is 2. The number of carbonyl (C=O) groups is 1. The van der Waals surface area contributed by atoms with Crippen molar-refractivity contribution in [2.45, 2.75) is 4.90 Å². The van der Waals surface area contributed by atoms with E-state index in [0.29, 0.717) is 5.52 Å². The molecule has 0 radical (unpaired) electrons. The molecule has 0 fully saturated rings. The van der Waals surface area contributed by atoms with Crippen LogP contribution >= 0.6 is 11.6 Å². The molecule has 0 aliphatic rings. The first kappa shape index (κ1) is 17.1. The zero-order valence-corrected chi connectivity index (χ0v) is 14.0. The van der Waals surface area contributed by atoms with Crippen LogP contribution in [0.25, 0.3) is 10.9 Å². The summed E-state index contributed by atoms with van der Waals surface area (Å²) in [6.07, 6.45) is 1.13. The monoisotopic (exact) mass is 380 g/mol. The van der Waals surface area contributed by atoms with Crippen molar-refractivity contribution in [2.75, 3.05) is 5.32 Å². The second-order valence-corrected chi connectivity index (χ2v) is 6.49. The molecule has 0 aliphatic heterocycles. The lowest BCUT2D eigenvalue weighted by Gasteiger charge is -2.14. The van der Waals surface area contributed by atoms with Gasteiger partial charge in [0.2, 0.25) is 0 Å². The largest absolute Gasteiger partial charge is 0.478 e. The van der Waals surface area contributed by atoms with Crippen molar-refractivity contribution in [1.82, 2.24) is 4.98 Å². The van der Waals surface area contributed by atoms with Crippen LogP contribution < -0.4 is 5.32 Å². The van der Waals surface area contributed by atoms with Crippen molar-refractivity contribution in [3.05, 3.63) is 59.0 Å². The number of nitrogens with one attached hydrogen (secondary N) is 1. The van der Waals surface area contributed by atoms with Crippen molar-refractivity contribution in [3.63, 3.8) is 0 Å². The van der Waals surface area contributed by atoms with Gasteiger partial charge in [0.05, 0.1) is 22.5 Å². The Morgan fingerprint density at radius 3 is 2.64 bits per heavy atom. The molecule has 0 amide bonds. The lowest BCUT2D eigenvalue weighted by atomic mass is 10.1. The normalized spacial score (nSPS) is 11.0. The van der Waals surface area contributed by atoms with Gasteiger partial charge in [-0.05, 0) is 36.4 Å². The molecule has 9 heteroatoms. The van der Waals surface area contributed by atoms with Gasteiger partial charge in [0, 0.05) is 16.6 Å². The molecule has 6 nitrogen and oxygen atoms in total. The number of halogens is 2. The number of pyridine rings is 1. The van der Waals surface area contributed by atoms with Gasteiger partial charge >= 0.3 is 5.97 Å². The summed E-state index contributed by atoms with van der Waals surface area (Å²) in [5.74, 6) is -1.83. The predicted molar refractivity (Wildman–Crippen MR) is 92.0 cm³/mol. The first-order chi connectivity index (χ1) is 11.9. The van der Waals surface area contributed by atoms with Crippen molar-refractivity contribution >= 4 is 50.6 Å². The molecule has 3 rings (SSSR count). The minimum absolute atomic E-state index is 0.0467. The third kappa shape index (κ3) is 3.40. The van der Waals surface area contributed by atoms with Crippen molar-refractivity contribution in [1.29, 1.82) is 0 Å². The van der Waals surface area contributed by atoms with Gasteiger partial charge in [-0.2, -0.15) is 0 Å². The highest BCUT2D eigenvalue weighted by atomic mass is 35.5. The summed E-state index contributed by atoms with van der Waals surface area (Å²) in [5, 5.41) is 12.5. The number of hydrogen-bond donors (Lipinski definition) is 3. The summed E-state index contributed by atoms with van der Waals surface area (Å²) >= 11 is 5.81. The van der Waals surface area contributed by atoms with E-state index in [1.807, 2.05) is 0 Å². The molecule has 1 aromatic heterocycles. The topological polar surface area (TPSA) is 96.4 Å². The van der Waals surface area contributed by atoms with E-state index < -0.39 is 22.5 Å². The van der Waals surface area contributed by atoms with Gasteiger partial charge in [-0.15, -0.1) is 0 Å². The fourth-order valence-electron chi connectivity index (χ4n) is 2.36. The number of rotatable bonds is 4. The van der Waals surface area contributed by atoms with E-state index >= 15 is 0 Å². The van der Waals surface area contributed by atoms with Crippen LogP contribution in [-0.2, 0) is 10.7 Å². The van der Waals surface area contributed by atoms with Gasteiger partial charge in [-0.3, -0.25) is 4.98 Å². The predicted octanol–water partition coefficient (Wildman–Crippen LogP) is 3.44. The molecular weight excluding hydrogens is 371 g/mol. The molecule has 25 heavy (non-hydrogen) atoms. The van der Waals surface area contributed by atoms with Gasteiger partial charge in [0.1, 0.15) is 10.7 Å². The molecule has 3 aromatic rings. The fourth-order valence-corrected chi connectivity index (χ4v) is 3.04. The lowest BCUT2D eigenvalue weighted by Crippen LogP contribution is -2.05. The number of hydrogen-bond acceptors (Lipinski definition) is 5. The number of carboxylic acid groups (broad SMARTS) is 1. The molecule has 0 spiro atoms. The highest BCUT2D eigenvalue weighted by Gasteiger charge is 2.16. The van der Waals surface area contributed by atoms with Gasteiger partial charge in [0.25, 0.3) is 0 Å². The number of aromatic carboxylic acids is 1. The standard InChI is InChI=1S/C16H10ClFN2O4S/c17-8-1-3-13(11(5-8)16(21)22)20-15-10-6-9(18)2-4-12(10)19-7-14(15)25(23)24/h1-7,25H,(H,19,20)(H,21,22). The highest BCUT2D eigenvalue weighted by molar-refractivity contribution is 7.72. The van der Waals surface area contributed by atoms with Crippen LogP contribution in [-0.4, -0.2) is 24.5 Å². The smallest absolute Gasteiger partial charge is 0.337 e. The van der Waals surface area contributed by atoms with Crippen LogP contribution in [0.1, 0.15) is 10.4 Å². The van der Waals surface area contributed by atoms with E-state index in [9.17, 15) is 22.7 Å². The average Bonchev–Trinajstić information content (AvgIpc) is 2.56. The Morgan fingerprint density at radius 2 is 1.96 bits per heavy atom. The molecule has 2 N–H and O–H groups in total. The number of nitrogens with zero attached hydrogens (tertiary/aromatic N) is 1. The maximum atomic E-state index is 13.6. The second-order valence-electron chi connectivity index (χ2n) is 5.06. The van der Waals surface area contributed by atoms with Crippen molar-refractivity contribution in [3.8, 4) is 0 Å². The summed E-state index contributed by atoms with van der Waals surface area (Å²) in [6, 6.07) is 7.81. The Labute approximate surface area is 147 Å². The Balaban J connectivity index is 2.27. The van der Waals surface area contributed by atoms with Crippen LogP contribution in [0.15, 0.2) is 47.5 Å². The third-order valence-corrected chi connectivity index (χ3v) is 4.45. The number of carboxylic acids is 1. The maximum Gasteiger partial charge on any atom is 0.337 e. The summed E-state index contributed by atoms with van der Waals surface area (Å²) in [7, 11) is -3.05. The van der Waals surface area contributed by atoms with E-state index in [1.165, 1.54) is 30.3 Å². The summed E-state index contributed by atoms with van der Waals surface area (Å²) in [6.45, 7) is 0. The van der Waals surface area contributed by atoms with Gasteiger partial charge < -0.3 is 10.4 Å². The number of aromatic nitrogens is 1. The number of benzene rings is 2. The Bertz CT molecular complexity index is 1080. The Hall–Kier alpha value is -2.71. The van der Waals surface area contributed by atoms with Crippen molar-refractivity contribution in [2.24, 2.45) is 0 Å². The SMILES string of the molecule is O=C(O)c1cc(Cl)ccc1Nc1c([SH](=O)=O)cnc2ccc(F)cc12. The minimum Gasteiger partial charge on any atom is -0.478 e. The maximum absolute atomic E-state index is 13.6. The van der Waals surface area contributed by atoms with Crippen LogP contribution in [0.5, 0.6) is 0 Å². The van der Waals surface area contributed by atoms with E-state index in [1.54, 1.807) is 0 Å². The average molecular weight is 381 g/mol. The molecule has 0 atom stereocenters. The first-order valence-corrected chi connectivity index (χ1v) is 8.45. The third-order valence-electron chi connectivity index (χ3n) is 3.48. The molecule has 0 saturated heterocycles. The van der Waals surface area contributed by atoms with E-state index in [2.05, 4.69) is 10.3 Å². The molecule has 0 unspecified atom stereocenters. The zero-order valence-electron chi connectivity index (χ0n) is 12.4. The zero-order chi connectivity index (χ0) is 18.1. The molecular formula is C16H10ClFN2O4S. The van der Waals surface area contributed by atoms with Crippen molar-refractivity contribution < 1.29 is 22.7 Å². The Morgan fingerprint density at radius 1 is 1.20 bits per heavy atom. The minimum atomic E-state index is -3.05. The molecule has 0 aliphatic carbocycles. The van der Waals surface area contributed by atoms with E-state index in [0.717, 1.165) is 12.3 Å². The first-order valence-electron chi connectivity index (χ1n) is 6.89.